The molecule has 0 amide bonds. The summed E-state index contributed by atoms with van der Waals surface area (Å²) < 4.78 is 1.49. The van der Waals surface area contributed by atoms with Gasteiger partial charge in [-0.2, -0.15) is 0 Å². The molecule has 15 heavy (non-hydrogen) atoms. The molecule has 1 N–H and O–H groups in total. The highest BCUT2D eigenvalue weighted by atomic mass is 35.5. The lowest BCUT2D eigenvalue weighted by Gasteiger charge is -2.05. The molecule has 2 rings (SSSR count). The summed E-state index contributed by atoms with van der Waals surface area (Å²) in [6.45, 7) is 0. The number of aromatic nitrogens is 1. The molecule has 0 aromatic carbocycles. The SMILES string of the molecule is O=C(O)c1sccc1-n1c(Cl)ccc1Cl. The molecular formula is C9H5Cl2NO2S. The lowest BCUT2D eigenvalue weighted by atomic mass is 10.4. The highest BCUT2D eigenvalue weighted by Crippen LogP contribution is 2.29. The number of halogens is 2. The lowest BCUT2D eigenvalue weighted by Crippen LogP contribution is -2.01. The smallest absolute Gasteiger partial charge is 0.348 e. The maximum atomic E-state index is 10.9. The van der Waals surface area contributed by atoms with Gasteiger partial charge in [-0.05, 0) is 23.6 Å². The third kappa shape index (κ3) is 1.76. The Labute approximate surface area is 99.5 Å². The first kappa shape index (κ1) is 10.5. The van der Waals surface area contributed by atoms with Gasteiger partial charge in [0.25, 0.3) is 0 Å². The summed E-state index contributed by atoms with van der Waals surface area (Å²) in [5.74, 6) is -0.985. The molecule has 3 nitrogen and oxygen atoms in total. The molecule has 0 radical (unpaired) electrons. The van der Waals surface area contributed by atoms with Gasteiger partial charge in [0.15, 0.2) is 0 Å². The van der Waals surface area contributed by atoms with E-state index in [0.717, 1.165) is 11.3 Å². The van der Waals surface area contributed by atoms with Gasteiger partial charge in [-0.15, -0.1) is 11.3 Å². The summed E-state index contributed by atoms with van der Waals surface area (Å²) in [5.41, 5.74) is 0.493. The molecule has 0 unspecified atom stereocenters. The first-order valence-corrected chi connectivity index (χ1v) is 5.58. The van der Waals surface area contributed by atoms with E-state index in [-0.39, 0.29) is 4.88 Å². The topological polar surface area (TPSA) is 42.2 Å². The molecule has 0 aliphatic rings. The third-order valence-corrected chi connectivity index (χ3v) is 3.35. The molecule has 2 aromatic heterocycles. The Hall–Kier alpha value is -0.970. The van der Waals surface area contributed by atoms with E-state index >= 15 is 0 Å². The van der Waals surface area contributed by atoms with Crippen molar-refractivity contribution in [1.82, 2.24) is 4.57 Å². The quantitative estimate of drug-likeness (QED) is 0.899. The first-order chi connectivity index (χ1) is 7.11. The Balaban J connectivity index is 2.64. The lowest BCUT2D eigenvalue weighted by molar-refractivity contribution is 0.0702. The van der Waals surface area contributed by atoms with Crippen molar-refractivity contribution in [3.63, 3.8) is 0 Å². The number of aromatic carboxylic acids is 1. The Morgan fingerprint density at radius 3 is 2.40 bits per heavy atom. The van der Waals surface area contributed by atoms with E-state index in [1.165, 1.54) is 4.57 Å². The number of carbonyl (C=O) groups is 1. The van der Waals surface area contributed by atoms with Crippen LogP contribution >= 0.6 is 34.5 Å². The van der Waals surface area contributed by atoms with Crippen LogP contribution in [-0.2, 0) is 0 Å². The second kappa shape index (κ2) is 3.89. The first-order valence-electron chi connectivity index (χ1n) is 3.95. The molecule has 2 heterocycles. The summed E-state index contributed by atoms with van der Waals surface area (Å²) in [6.07, 6.45) is 0. The van der Waals surface area contributed by atoms with Gasteiger partial charge < -0.3 is 5.11 Å². The zero-order chi connectivity index (χ0) is 11.0. The van der Waals surface area contributed by atoms with Crippen molar-refractivity contribution >= 4 is 40.5 Å². The Kier molecular flexibility index (Phi) is 2.73. The molecule has 78 valence electrons. The predicted octanol–water partition coefficient (Wildman–Crippen LogP) is 3.54. The van der Waals surface area contributed by atoms with Crippen LogP contribution in [0.1, 0.15) is 9.67 Å². The number of carboxylic acids is 1. The normalized spacial score (nSPS) is 10.5. The van der Waals surface area contributed by atoms with Crippen molar-refractivity contribution in [2.45, 2.75) is 0 Å². The molecule has 0 fully saturated rings. The molecule has 0 bridgehead atoms. The number of hydrogen-bond donors (Lipinski definition) is 1. The van der Waals surface area contributed by atoms with Crippen molar-refractivity contribution in [2.24, 2.45) is 0 Å². The zero-order valence-electron chi connectivity index (χ0n) is 7.28. The molecule has 0 aliphatic carbocycles. The maximum absolute atomic E-state index is 10.9. The van der Waals surface area contributed by atoms with E-state index in [2.05, 4.69) is 0 Å². The van der Waals surface area contributed by atoms with E-state index in [0.29, 0.717) is 16.0 Å². The van der Waals surface area contributed by atoms with Crippen LogP contribution in [-0.4, -0.2) is 15.6 Å². The zero-order valence-corrected chi connectivity index (χ0v) is 9.60. The molecule has 0 atom stereocenters. The third-order valence-electron chi connectivity index (χ3n) is 1.87. The number of thiophene rings is 1. The second-order valence-corrected chi connectivity index (χ2v) is 4.44. The standard InChI is InChI=1S/C9H5Cl2NO2S/c10-6-1-2-7(11)12(6)5-3-4-15-8(5)9(13)14/h1-4H,(H,13,14). The van der Waals surface area contributed by atoms with Gasteiger partial charge in [-0.25, -0.2) is 4.79 Å². The molecule has 0 saturated heterocycles. The largest absolute Gasteiger partial charge is 0.477 e. The van der Waals surface area contributed by atoms with Gasteiger partial charge in [0.05, 0.1) is 5.69 Å². The number of rotatable bonds is 2. The Morgan fingerprint density at radius 2 is 1.87 bits per heavy atom. The van der Waals surface area contributed by atoms with Crippen LogP contribution in [0.25, 0.3) is 5.69 Å². The summed E-state index contributed by atoms with van der Waals surface area (Å²) in [4.78, 5) is 11.1. The van der Waals surface area contributed by atoms with Crippen LogP contribution in [0, 0.1) is 0 Å². The molecular weight excluding hydrogens is 257 g/mol. The Morgan fingerprint density at radius 1 is 1.27 bits per heavy atom. The van der Waals surface area contributed by atoms with Gasteiger partial charge in [0.1, 0.15) is 15.2 Å². The predicted molar refractivity (Wildman–Crippen MR) is 60.6 cm³/mol. The van der Waals surface area contributed by atoms with Crippen molar-refractivity contribution < 1.29 is 9.90 Å². The average molecular weight is 262 g/mol. The Bertz CT molecular complexity index is 498. The average Bonchev–Trinajstić information content (AvgIpc) is 2.73. The van der Waals surface area contributed by atoms with E-state index in [1.807, 2.05) is 0 Å². The summed E-state index contributed by atoms with van der Waals surface area (Å²) in [6, 6.07) is 4.91. The van der Waals surface area contributed by atoms with Crippen molar-refractivity contribution in [1.29, 1.82) is 0 Å². The molecule has 6 heteroatoms. The van der Waals surface area contributed by atoms with Crippen LogP contribution in [0.4, 0.5) is 0 Å². The monoisotopic (exact) mass is 261 g/mol. The minimum absolute atomic E-state index is 0.218. The van der Waals surface area contributed by atoms with Crippen LogP contribution < -0.4 is 0 Å². The molecule has 0 aliphatic heterocycles. The van der Waals surface area contributed by atoms with Crippen molar-refractivity contribution in [3.05, 3.63) is 38.8 Å². The number of hydrogen-bond acceptors (Lipinski definition) is 2. The van der Waals surface area contributed by atoms with Gasteiger partial charge >= 0.3 is 5.97 Å². The summed E-state index contributed by atoms with van der Waals surface area (Å²) >= 11 is 12.9. The highest BCUT2D eigenvalue weighted by molar-refractivity contribution is 7.12. The van der Waals surface area contributed by atoms with Crippen LogP contribution in [0.5, 0.6) is 0 Å². The van der Waals surface area contributed by atoms with Gasteiger partial charge in [-0.1, -0.05) is 23.2 Å². The van der Waals surface area contributed by atoms with Crippen molar-refractivity contribution in [3.8, 4) is 5.69 Å². The van der Waals surface area contributed by atoms with Crippen LogP contribution in [0.2, 0.25) is 10.3 Å². The van der Waals surface area contributed by atoms with Gasteiger partial charge in [0.2, 0.25) is 0 Å². The maximum Gasteiger partial charge on any atom is 0.348 e. The van der Waals surface area contributed by atoms with Gasteiger partial charge in [0, 0.05) is 0 Å². The minimum atomic E-state index is -0.985. The highest BCUT2D eigenvalue weighted by Gasteiger charge is 2.16. The molecule has 0 saturated carbocycles. The molecule has 0 spiro atoms. The number of carboxylic acid groups (broad SMARTS) is 1. The second-order valence-electron chi connectivity index (χ2n) is 2.75. The van der Waals surface area contributed by atoms with E-state index in [1.54, 1.807) is 23.6 Å². The summed E-state index contributed by atoms with van der Waals surface area (Å²) in [5, 5.41) is 11.4. The fourth-order valence-electron chi connectivity index (χ4n) is 1.26. The minimum Gasteiger partial charge on any atom is -0.477 e. The number of nitrogens with zero attached hydrogens (tertiary/aromatic N) is 1. The molecule has 2 aromatic rings. The van der Waals surface area contributed by atoms with Crippen LogP contribution in [0.15, 0.2) is 23.6 Å². The summed E-state index contributed by atoms with van der Waals surface area (Å²) in [7, 11) is 0. The van der Waals surface area contributed by atoms with Crippen molar-refractivity contribution in [2.75, 3.05) is 0 Å². The van der Waals surface area contributed by atoms with E-state index in [9.17, 15) is 4.79 Å². The van der Waals surface area contributed by atoms with E-state index < -0.39 is 5.97 Å². The fraction of sp³-hybridized carbons (Fsp3) is 0. The van der Waals surface area contributed by atoms with E-state index in [4.69, 9.17) is 28.3 Å². The van der Waals surface area contributed by atoms with Gasteiger partial charge in [-0.3, -0.25) is 4.57 Å². The van der Waals surface area contributed by atoms with Crippen LogP contribution in [0.3, 0.4) is 0 Å². The fourth-order valence-corrected chi connectivity index (χ4v) is 2.50.